The molecule has 0 radical (unpaired) electrons. The fourth-order valence-corrected chi connectivity index (χ4v) is 1.14. The summed E-state index contributed by atoms with van der Waals surface area (Å²) in [6, 6.07) is 0. The normalized spacial score (nSPS) is 22.1. The smallest absolute Gasteiger partial charge is 0.228 e. The lowest BCUT2D eigenvalue weighted by Crippen LogP contribution is -2.30. The van der Waals surface area contributed by atoms with E-state index in [1.54, 1.807) is 0 Å². The van der Waals surface area contributed by atoms with Crippen molar-refractivity contribution < 1.29 is 9.18 Å². The summed E-state index contributed by atoms with van der Waals surface area (Å²) >= 11 is 0. The molecule has 0 saturated carbocycles. The molecule has 0 aromatic heterocycles. The van der Waals surface area contributed by atoms with Gasteiger partial charge in [-0.3, -0.25) is 4.79 Å². The summed E-state index contributed by atoms with van der Waals surface area (Å²) in [4.78, 5) is 14.9. The average Bonchev–Trinajstić information content (AvgIpc) is 2.47. The Morgan fingerprint density at radius 1 is 1.83 bits per heavy atom. The van der Waals surface area contributed by atoms with Crippen LogP contribution in [0.25, 0.3) is 10.4 Å². The van der Waals surface area contributed by atoms with Crippen molar-refractivity contribution >= 4 is 5.91 Å². The highest BCUT2D eigenvalue weighted by Crippen LogP contribution is 2.11. The lowest BCUT2D eigenvalue weighted by atomic mass is 10.3. The van der Waals surface area contributed by atoms with Crippen molar-refractivity contribution in [2.45, 2.75) is 12.6 Å². The monoisotopic (exact) mass is 172 g/mol. The number of likely N-dealkylation sites (tertiary alicyclic amines) is 1. The number of alkyl halides is 1. The van der Waals surface area contributed by atoms with Gasteiger partial charge in [0.1, 0.15) is 12.7 Å². The zero-order valence-electron chi connectivity index (χ0n) is 6.48. The number of nitrogens with zero attached hydrogens (tertiary/aromatic N) is 4. The molecule has 0 aromatic carbocycles. The number of carbonyl (C=O) groups excluding carboxylic acids is 1. The molecular weight excluding hydrogens is 163 g/mol. The Hall–Kier alpha value is -1.29. The largest absolute Gasteiger partial charge is 0.340 e. The van der Waals surface area contributed by atoms with Crippen LogP contribution in [0.15, 0.2) is 5.11 Å². The van der Waals surface area contributed by atoms with Crippen LogP contribution in [0.4, 0.5) is 4.39 Å². The Morgan fingerprint density at radius 3 is 3.08 bits per heavy atom. The van der Waals surface area contributed by atoms with Gasteiger partial charge >= 0.3 is 0 Å². The average molecular weight is 172 g/mol. The molecule has 0 N–H and O–H groups in total. The predicted molar refractivity (Wildman–Crippen MR) is 40.1 cm³/mol. The van der Waals surface area contributed by atoms with Crippen molar-refractivity contribution in [3.8, 4) is 0 Å². The van der Waals surface area contributed by atoms with Crippen molar-refractivity contribution in [1.82, 2.24) is 4.90 Å². The minimum atomic E-state index is -0.917. The fraction of sp³-hybridized carbons (Fsp3) is 0.833. The van der Waals surface area contributed by atoms with Crippen LogP contribution < -0.4 is 0 Å². The van der Waals surface area contributed by atoms with Crippen molar-refractivity contribution in [3.05, 3.63) is 10.4 Å². The zero-order valence-corrected chi connectivity index (χ0v) is 6.48. The molecule has 6 heteroatoms. The highest BCUT2D eigenvalue weighted by Gasteiger charge is 2.24. The Morgan fingerprint density at radius 2 is 2.58 bits per heavy atom. The van der Waals surface area contributed by atoms with Gasteiger partial charge in [-0.2, -0.15) is 0 Å². The molecule has 1 atom stereocenters. The zero-order chi connectivity index (χ0) is 8.97. The van der Waals surface area contributed by atoms with Gasteiger partial charge in [-0.1, -0.05) is 5.11 Å². The van der Waals surface area contributed by atoms with Gasteiger partial charge in [0.15, 0.2) is 0 Å². The van der Waals surface area contributed by atoms with E-state index in [1.165, 1.54) is 4.90 Å². The van der Waals surface area contributed by atoms with E-state index in [0.717, 1.165) is 0 Å². The van der Waals surface area contributed by atoms with E-state index in [1.807, 2.05) is 0 Å². The van der Waals surface area contributed by atoms with Crippen molar-refractivity contribution in [2.75, 3.05) is 19.6 Å². The Bertz CT molecular complexity index is 226. The summed E-state index contributed by atoms with van der Waals surface area (Å²) < 4.78 is 12.6. The second-order valence-electron chi connectivity index (χ2n) is 2.61. The lowest BCUT2D eigenvalue weighted by Gasteiger charge is -2.12. The Kier molecular flexibility index (Phi) is 2.88. The minimum Gasteiger partial charge on any atom is -0.340 e. The molecule has 1 fully saturated rings. The summed E-state index contributed by atoms with van der Waals surface area (Å²) in [6.45, 7) is 0.365. The third-order valence-electron chi connectivity index (χ3n) is 1.75. The number of carbonyl (C=O) groups is 1. The van der Waals surface area contributed by atoms with Crippen LogP contribution in [0.3, 0.4) is 0 Å². The van der Waals surface area contributed by atoms with Crippen LogP contribution in [0.5, 0.6) is 0 Å². The number of amides is 1. The van der Waals surface area contributed by atoms with E-state index in [4.69, 9.17) is 5.53 Å². The Labute approximate surface area is 68.8 Å². The van der Waals surface area contributed by atoms with Crippen molar-refractivity contribution in [1.29, 1.82) is 0 Å². The number of hydrogen-bond acceptors (Lipinski definition) is 2. The first-order valence-corrected chi connectivity index (χ1v) is 3.66. The number of hydrogen-bond donors (Lipinski definition) is 0. The fourth-order valence-electron chi connectivity index (χ4n) is 1.14. The van der Waals surface area contributed by atoms with Crippen LogP contribution >= 0.6 is 0 Å². The molecule has 12 heavy (non-hydrogen) atoms. The molecule has 0 bridgehead atoms. The summed E-state index contributed by atoms with van der Waals surface area (Å²) in [5.74, 6) is -0.298. The number of rotatable bonds is 2. The molecule has 1 saturated heterocycles. The molecule has 0 spiro atoms. The van der Waals surface area contributed by atoms with Gasteiger partial charge < -0.3 is 4.90 Å². The van der Waals surface area contributed by atoms with Crippen LogP contribution in [0.1, 0.15) is 6.42 Å². The first-order chi connectivity index (χ1) is 5.74. The maximum atomic E-state index is 12.6. The molecule has 1 aliphatic heterocycles. The van der Waals surface area contributed by atoms with E-state index in [0.29, 0.717) is 13.0 Å². The third kappa shape index (κ3) is 2.10. The number of halogens is 1. The molecule has 0 aliphatic carbocycles. The van der Waals surface area contributed by atoms with Gasteiger partial charge in [-0.05, 0) is 12.0 Å². The van der Waals surface area contributed by atoms with Gasteiger partial charge in [-0.15, -0.1) is 0 Å². The van der Waals surface area contributed by atoms with E-state index >= 15 is 0 Å². The van der Waals surface area contributed by atoms with Crippen molar-refractivity contribution in [3.63, 3.8) is 0 Å². The van der Waals surface area contributed by atoms with E-state index in [2.05, 4.69) is 10.0 Å². The second kappa shape index (κ2) is 3.92. The molecule has 1 amide bonds. The SMILES string of the molecule is [N-]=[N+]=NCC(=O)N1CCC(F)C1. The van der Waals surface area contributed by atoms with Gasteiger partial charge in [-0.25, -0.2) is 4.39 Å². The summed E-state index contributed by atoms with van der Waals surface area (Å²) in [7, 11) is 0. The molecule has 66 valence electrons. The number of azide groups is 1. The summed E-state index contributed by atoms with van der Waals surface area (Å²) in [5, 5.41) is 3.11. The van der Waals surface area contributed by atoms with Gasteiger partial charge in [0.2, 0.25) is 5.91 Å². The van der Waals surface area contributed by atoms with E-state index in [-0.39, 0.29) is 19.0 Å². The first kappa shape index (κ1) is 8.80. The standard InChI is InChI=1S/C6H9FN4O/c7-5-1-2-11(4-5)6(12)3-9-10-8/h5H,1-4H2. The maximum absolute atomic E-state index is 12.6. The quantitative estimate of drug-likeness (QED) is 0.346. The molecule has 0 aromatic rings. The highest BCUT2D eigenvalue weighted by atomic mass is 19.1. The molecule has 1 rings (SSSR count). The molecule has 1 heterocycles. The van der Waals surface area contributed by atoms with Gasteiger partial charge in [0.25, 0.3) is 0 Å². The van der Waals surface area contributed by atoms with Gasteiger partial charge in [0.05, 0.1) is 6.54 Å². The molecular formula is C6H9FN4O. The molecule has 5 nitrogen and oxygen atoms in total. The molecule has 1 aliphatic rings. The van der Waals surface area contributed by atoms with Crippen LogP contribution in [0, 0.1) is 0 Å². The summed E-state index contributed by atoms with van der Waals surface area (Å²) in [6.07, 6.45) is -0.526. The minimum absolute atomic E-state index is 0.139. The third-order valence-corrected chi connectivity index (χ3v) is 1.75. The van der Waals surface area contributed by atoms with Crippen LogP contribution in [-0.2, 0) is 4.79 Å². The Balaban J connectivity index is 2.38. The first-order valence-electron chi connectivity index (χ1n) is 3.66. The van der Waals surface area contributed by atoms with E-state index in [9.17, 15) is 9.18 Å². The second-order valence-corrected chi connectivity index (χ2v) is 2.61. The van der Waals surface area contributed by atoms with E-state index < -0.39 is 6.17 Å². The van der Waals surface area contributed by atoms with Crippen LogP contribution in [-0.4, -0.2) is 36.6 Å². The van der Waals surface area contributed by atoms with Gasteiger partial charge in [0, 0.05) is 11.5 Å². The summed E-state index contributed by atoms with van der Waals surface area (Å²) in [5.41, 5.74) is 7.92. The maximum Gasteiger partial charge on any atom is 0.228 e. The molecule has 1 unspecified atom stereocenters. The lowest BCUT2D eigenvalue weighted by molar-refractivity contribution is -0.128. The highest BCUT2D eigenvalue weighted by molar-refractivity contribution is 5.78. The van der Waals surface area contributed by atoms with Crippen LogP contribution in [0.2, 0.25) is 0 Å². The predicted octanol–water partition coefficient (Wildman–Crippen LogP) is 0.867. The topological polar surface area (TPSA) is 69.1 Å². The van der Waals surface area contributed by atoms with Crippen molar-refractivity contribution in [2.24, 2.45) is 5.11 Å².